The number of benzene rings is 2. The molecule has 0 aliphatic rings. The Morgan fingerprint density at radius 3 is 2.44 bits per heavy atom. The Balaban J connectivity index is 1.94. The highest BCUT2D eigenvalue weighted by Crippen LogP contribution is 2.28. The molecule has 192 valence electrons. The van der Waals surface area contributed by atoms with Crippen LogP contribution in [0, 0.1) is 5.82 Å². The maximum Gasteiger partial charge on any atom is 0.318 e. The Hall–Kier alpha value is -3.61. The average molecular weight is 518 g/mol. The lowest BCUT2D eigenvalue weighted by molar-refractivity contribution is -0.135. The summed E-state index contributed by atoms with van der Waals surface area (Å²) in [6.45, 7) is 0.612. The number of ether oxygens (including phenoxy) is 1. The first-order chi connectivity index (χ1) is 17.1. The molecule has 36 heavy (non-hydrogen) atoms. The normalized spacial score (nSPS) is 11.5. The maximum absolute atomic E-state index is 14.3. The van der Waals surface area contributed by atoms with Gasteiger partial charge in [-0.2, -0.15) is 4.72 Å². The van der Waals surface area contributed by atoms with E-state index in [4.69, 9.17) is 9.84 Å². The van der Waals surface area contributed by atoms with Crippen LogP contribution in [0.3, 0.4) is 0 Å². The molecule has 0 atom stereocenters. The molecular formula is C24H28FN5O5S. The van der Waals surface area contributed by atoms with Gasteiger partial charge in [0.15, 0.2) is 11.6 Å². The SMILES string of the molecule is COc1ccc(-c2ccnc(N(CCCN(C)C)c3ccc(S(=O)(=O)NCC(=O)O)cc3)n2)cc1F. The minimum absolute atomic E-state index is 0.0656. The molecule has 2 N–H and O–H groups in total. The average Bonchev–Trinajstić information content (AvgIpc) is 2.85. The third kappa shape index (κ3) is 6.97. The molecule has 1 heterocycles. The van der Waals surface area contributed by atoms with Crippen LogP contribution in [0.4, 0.5) is 16.0 Å². The van der Waals surface area contributed by atoms with E-state index in [1.54, 1.807) is 30.5 Å². The predicted molar refractivity (Wildman–Crippen MR) is 133 cm³/mol. The van der Waals surface area contributed by atoms with Crippen molar-refractivity contribution < 1.29 is 27.4 Å². The fourth-order valence-electron chi connectivity index (χ4n) is 3.40. The van der Waals surface area contributed by atoms with Crippen LogP contribution >= 0.6 is 0 Å². The van der Waals surface area contributed by atoms with Gasteiger partial charge in [-0.15, -0.1) is 0 Å². The molecule has 10 nitrogen and oxygen atoms in total. The van der Waals surface area contributed by atoms with Crippen molar-refractivity contribution in [2.75, 3.05) is 45.7 Å². The Labute approximate surface area is 209 Å². The summed E-state index contributed by atoms with van der Waals surface area (Å²) in [4.78, 5) is 23.6. The van der Waals surface area contributed by atoms with Crippen molar-refractivity contribution >= 4 is 27.6 Å². The Morgan fingerprint density at radius 1 is 1.11 bits per heavy atom. The van der Waals surface area contributed by atoms with Crippen LogP contribution in [0.5, 0.6) is 5.75 Å². The van der Waals surface area contributed by atoms with Crippen molar-refractivity contribution in [2.45, 2.75) is 11.3 Å². The third-order valence-electron chi connectivity index (χ3n) is 5.19. The third-order valence-corrected chi connectivity index (χ3v) is 6.61. The van der Waals surface area contributed by atoms with E-state index in [0.717, 1.165) is 13.0 Å². The lowest BCUT2D eigenvalue weighted by Crippen LogP contribution is -2.29. The number of nitrogens with zero attached hydrogens (tertiary/aromatic N) is 4. The molecule has 0 radical (unpaired) electrons. The van der Waals surface area contributed by atoms with Gasteiger partial charge in [0.2, 0.25) is 16.0 Å². The van der Waals surface area contributed by atoms with Gasteiger partial charge in [-0.25, -0.2) is 22.8 Å². The fraction of sp³-hybridized carbons (Fsp3) is 0.292. The highest BCUT2D eigenvalue weighted by atomic mass is 32.2. The number of sulfonamides is 1. The quantitative estimate of drug-likeness (QED) is 0.373. The topological polar surface area (TPSA) is 125 Å². The number of halogens is 1. The molecule has 0 aliphatic carbocycles. The van der Waals surface area contributed by atoms with Gasteiger partial charge >= 0.3 is 5.97 Å². The van der Waals surface area contributed by atoms with Crippen molar-refractivity contribution in [1.29, 1.82) is 0 Å². The molecule has 12 heteroatoms. The number of nitrogens with one attached hydrogen (secondary N) is 1. The lowest BCUT2D eigenvalue weighted by atomic mass is 10.1. The highest BCUT2D eigenvalue weighted by molar-refractivity contribution is 7.89. The first-order valence-corrected chi connectivity index (χ1v) is 12.5. The molecule has 0 saturated heterocycles. The minimum atomic E-state index is -3.98. The van der Waals surface area contributed by atoms with Crippen LogP contribution in [0.15, 0.2) is 59.6 Å². The van der Waals surface area contributed by atoms with E-state index < -0.39 is 28.4 Å². The van der Waals surface area contributed by atoms with Crippen LogP contribution in [0.2, 0.25) is 0 Å². The summed E-state index contributed by atoms with van der Waals surface area (Å²) in [7, 11) is 1.34. The van der Waals surface area contributed by atoms with Crippen molar-refractivity contribution in [3.05, 3.63) is 60.5 Å². The molecule has 0 saturated carbocycles. The second-order valence-corrected chi connectivity index (χ2v) is 9.88. The van der Waals surface area contributed by atoms with Crippen molar-refractivity contribution in [3.63, 3.8) is 0 Å². The summed E-state index contributed by atoms with van der Waals surface area (Å²) in [6, 6.07) is 12.2. The fourth-order valence-corrected chi connectivity index (χ4v) is 4.37. The van der Waals surface area contributed by atoms with Gasteiger partial charge < -0.3 is 19.6 Å². The number of carboxylic acids is 1. The second kappa shape index (κ2) is 11.9. The monoisotopic (exact) mass is 517 g/mol. The van der Waals surface area contributed by atoms with Gasteiger partial charge in [-0.05, 0) is 75.6 Å². The molecule has 0 spiro atoms. The van der Waals surface area contributed by atoms with Gasteiger partial charge in [0, 0.05) is 24.0 Å². The van der Waals surface area contributed by atoms with Crippen LogP contribution in [-0.4, -0.2) is 75.2 Å². The molecule has 0 amide bonds. The van der Waals surface area contributed by atoms with Gasteiger partial charge in [-0.1, -0.05) is 0 Å². The second-order valence-electron chi connectivity index (χ2n) is 8.11. The maximum atomic E-state index is 14.3. The first-order valence-electron chi connectivity index (χ1n) is 11.0. The van der Waals surface area contributed by atoms with Crippen LogP contribution in [0.1, 0.15) is 6.42 Å². The number of hydrogen-bond acceptors (Lipinski definition) is 8. The molecule has 0 unspecified atom stereocenters. The zero-order chi connectivity index (χ0) is 26.3. The van der Waals surface area contributed by atoms with Crippen LogP contribution < -0.4 is 14.4 Å². The van der Waals surface area contributed by atoms with E-state index in [-0.39, 0.29) is 10.6 Å². The van der Waals surface area contributed by atoms with Crippen LogP contribution in [0.25, 0.3) is 11.3 Å². The summed E-state index contributed by atoms with van der Waals surface area (Å²) < 4.78 is 46.0. The lowest BCUT2D eigenvalue weighted by Gasteiger charge is -2.24. The minimum Gasteiger partial charge on any atom is -0.494 e. The number of methoxy groups -OCH3 is 1. The zero-order valence-corrected chi connectivity index (χ0v) is 21.0. The summed E-state index contributed by atoms with van der Waals surface area (Å²) in [5.74, 6) is -1.30. The molecular weight excluding hydrogens is 489 g/mol. The molecule has 3 aromatic rings. The van der Waals surface area contributed by atoms with Crippen molar-refractivity contribution in [3.8, 4) is 17.0 Å². The Kier molecular flexibility index (Phi) is 8.91. The Bertz CT molecular complexity index is 1300. The van der Waals surface area contributed by atoms with E-state index in [1.807, 2.05) is 28.6 Å². The smallest absolute Gasteiger partial charge is 0.318 e. The highest BCUT2D eigenvalue weighted by Gasteiger charge is 2.18. The van der Waals surface area contributed by atoms with E-state index >= 15 is 0 Å². The van der Waals surface area contributed by atoms with Gasteiger partial charge in [0.1, 0.15) is 6.54 Å². The summed E-state index contributed by atoms with van der Waals surface area (Å²) in [6.07, 6.45) is 2.34. The van der Waals surface area contributed by atoms with Gasteiger partial charge in [0.05, 0.1) is 17.7 Å². The number of carboxylic acid groups (broad SMARTS) is 1. The summed E-state index contributed by atoms with van der Waals surface area (Å²) in [5.41, 5.74) is 1.70. The molecule has 2 aromatic carbocycles. The van der Waals surface area contributed by atoms with E-state index in [1.165, 1.54) is 31.4 Å². The number of carbonyl (C=O) groups is 1. The number of aromatic nitrogens is 2. The first kappa shape index (κ1) is 27.0. The number of anilines is 2. The van der Waals surface area contributed by atoms with E-state index in [0.29, 0.717) is 29.4 Å². The van der Waals surface area contributed by atoms with Crippen molar-refractivity contribution in [1.82, 2.24) is 19.6 Å². The van der Waals surface area contributed by atoms with E-state index in [2.05, 4.69) is 9.97 Å². The van der Waals surface area contributed by atoms with Crippen molar-refractivity contribution in [2.24, 2.45) is 0 Å². The van der Waals surface area contributed by atoms with E-state index in [9.17, 15) is 17.6 Å². The molecule has 0 aliphatic heterocycles. The molecule has 0 fully saturated rings. The molecule has 3 rings (SSSR count). The van der Waals surface area contributed by atoms with Gasteiger partial charge in [-0.3, -0.25) is 4.79 Å². The summed E-state index contributed by atoms with van der Waals surface area (Å²) in [5, 5.41) is 8.76. The number of rotatable bonds is 12. The predicted octanol–water partition coefficient (Wildman–Crippen LogP) is 2.74. The largest absolute Gasteiger partial charge is 0.494 e. The summed E-state index contributed by atoms with van der Waals surface area (Å²) >= 11 is 0. The standard InChI is InChI=1S/C24H28FN5O5S/c1-29(2)13-4-14-30(18-6-8-19(9-7-18)36(33,34)27-16-23(31)32)24-26-12-11-21(28-24)17-5-10-22(35-3)20(25)15-17/h5-12,15,27H,4,13-14,16H2,1-3H3,(H,31,32). The van der Waals surface area contributed by atoms with Crippen LogP contribution in [-0.2, 0) is 14.8 Å². The van der Waals surface area contributed by atoms with Gasteiger partial charge in [0.25, 0.3) is 0 Å². The molecule has 0 bridgehead atoms. The number of hydrogen-bond donors (Lipinski definition) is 2. The zero-order valence-electron chi connectivity index (χ0n) is 20.2. The number of aliphatic carboxylic acids is 1. The molecule has 1 aromatic heterocycles. The Morgan fingerprint density at radius 2 is 1.83 bits per heavy atom.